The topological polar surface area (TPSA) is 91.0 Å². The molecule has 16 heavy (non-hydrogen) atoms. The minimum Gasteiger partial charge on any atom is -0.505 e. The molecule has 0 aliphatic carbocycles. The van der Waals surface area contributed by atoms with Crippen LogP contribution >= 0.6 is 10.7 Å². The van der Waals surface area contributed by atoms with Crippen LogP contribution in [0.5, 0.6) is 5.75 Å². The predicted octanol–water partition coefficient (Wildman–Crippen LogP) is 1.52. The van der Waals surface area contributed by atoms with Crippen molar-refractivity contribution in [2.75, 3.05) is 0 Å². The molecule has 1 aromatic heterocycles. The fraction of sp³-hybridized carbons (Fsp3) is 0.143. The highest BCUT2D eigenvalue weighted by atomic mass is 35.7. The van der Waals surface area contributed by atoms with Crippen LogP contribution in [-0.2, 0) is 9.05 Å². The first-order valence-corrected chi connectivity index (χ1v) is 5.95. The number of alkyl halides is 2. The van der Waals surface area contributed by atoms with E-state index in [1.165, 1.54) is 6.07 Å². The summed E-state index contributed by atoms with van der Waals surface area (Å²) in [7, 11) is 0.548. The number of hydrogen-bond donors (Lipinski definition) is 1. The highest BCUT2D eigenvalue weighted by Gasteiger charge is 2.23. The lowest BCUT2D eigenvalue weighted by molar-refractivity contribution is 0.147. The van der Waals surface area contributed by atoms with Gasteiger partial charge in [0, 0.05) is 10.7 Å². The van der Waals surface area contributed by atoms with Crippen LogP contribution in [0.15, 0.2) is 11.1 Å². The second kappa shape index (κ2) is 4.19. The Morgan fingerprint density at radius 1 is 1.56 bits per heavy atom. The first kappa shape index (κ1) is 12.6. The molecule has 5 nitrogen and oxygen atoms in total. The van der Waals surface area contributed by atoms with Gasteiger partial charge in [0.1, 0.15) is 6.07 Å². The van der Waals surface area contributed by atoms with Crippen LogP contribution < -0.4 is 0 Å². The zero-order valence-electron chi connectivity index (χ0n) is 7.35. The fourth-order valence-electron chi connectivity index (χ4n) is 0.903. The van der Waals surface area contributed by atoms with Crippen molar-refractivity contribution in [3.05, 3.63) is 17.3 Å². The van der Waals surface area contributed by atoms with E-state index in [2.05, 4.69) is 4.98 Å². The number of aromatic nitrogens is 1. The van der Waals surface area contributed by atoms with E-state index in [0.29, 0.717) is 6.07 Å². The molecule has 0 spiro atoms. The second-order valence-corrected chi connectivity index (χ2v) is 5.11. The molecule has 0 aromatic carbocycles. The Morgan fingerprint density at radius 3 is 2.50 bits per heavy atom. The molecule has 86 valence electrons. The minimum atomic E-state index is -4.34. The Balaban J connectivity index is 3.61. The quantitative estimate of drug-likeness (QED) is 0.821. The van der Waals surface area contributed by atoms with Crippen LogP contribution in [0.4, 0.5) is 8.78 Å². The summed E-state index contributed by atoms with van der Waals surface area (Å²) < 4.78 is 46.5. The van der Waals surface area contributed by atoms with Crippen molar-refractivity contribution in [2.24, 2.45) is 0 Å². The molecule has 1 N–H and O–H groups in total. The molecule has 0 unspecified atom stereocenters. The van der Waals surface area contributed by atoms with E-state index < -0.39 is 37.5 Å². The molecule has 9 heteroatoms. The molecule has 1 rings (SSSR count). The van der Waals surface area contributed by atoms with E-state index in [9.17, 15) is 17.2 Å². The van der Waals surface area contributed by atoms with Gasteiger partial charge in [0.05, 0.1) is 5.56 Å². The van der Waals surface area contributed by atoms with E-state index in [-0.39, 0.29) is 0 Å². The van der Waals surface area contributed by atoms with Gasteiger partial charge < -0.3 is 5.11 Å². The van der Waals surface area contributed by atoms with Gasteiger partial charge in [-0.15, -0.1) is 0 Å². The van der Waals surface area contributed by atoms with E-state index in [1.54, 1.807) is 0 Å². The first-order chi connectivity index (χ1) is 7.27. The zero-order valence-corrected chi connectivity index (χ0v) is 8.93. The third-order valence-electron chi connectivity index (χ3n) is 1.59. The number of halogens is 3. The molecule has 0 radical (unpaired) electrons. The standard InChI is InChI=1S/C7H3ClF2N2O3S/c8-16(14,15)5-1-3(7(9)10)6(13)4(2-11)12-5/h1,7,13H. The largest absolute Gasteiger partial charge is 0.505 e. The Kier molecular flexibility index (Phi) is 3.30. The Bertz CT molecular complexity index is 568. The lowest BCUT2D eigenvalue weighted by Gasteiger charge is -2.05. The van der Waals surface area contributed by atoms with Gasteiger partial charge in [-0.25, -0.2) is 22.2 Å². The molecule has 1 aromatic rings. The van der Waals surface area contributed by atoms with Crippen LogP contribution in [0, 0.1) is 11.3 Å². The molecule has 0 bridgehead atoms. The van der Waals surface area contributed by atoms with E-state index in [4.69, 9.17) is 21.1 Å². The van der Waals surface area contributed by atoms with E-state index in [1.807, 2.05) is 0 Å². The molecular formula is C7H3ClF2N2O3S. The monoisotopic (exact) mass is 268 g/mol. The van der Waals surface area contributed by atoms with Crippen LogP contribution in [0.3, 0.4) is 0 Å². The average molecular weight is 269 g/mol. The summed E-state index contributed by atoms with van der Waals surface area (Å²) in [5.41, 5.74) is -1.83. The second-order valence-electron chi connectivity index (χ2n) is 2.60. The van der Waals surface area contributed by atoms with Gasteiger partial charge in [-0.05, 0) is 6.07 Å². The lowest BCUT2D eigenvalue weighted by Crippen LogP contribution is -2.01. The number of hydrogen-bond acceptors (Lipinski definition) is 5. The highest BCUT2D eigenvalue weighted by molar-refractivity contribution is 8.13. The molecule has 1 heterocycles. The number of nitriles is 1. The van der Waals surface area contributed by atoms with Gasteiger partial charge in [0.15, 0.2) is 16.5 Å². The van der Waals surface area contributed by atoms with Crippen molar-refractivity contribution < 1.29 is 22.3 Å². The summed E-state index contributed by atoms with van der Waals surface area (Å²) in [5.74, 6) is -1.05. The van der Waals surface area contributed by atoms with Gasteiger partial charge in [-0.3, -0.25) is 0 Å². The van der Waals surface area contributed by atoms with Crippen molar-refractivity contribution in [2.45, 2.75) is 11.5 Å². The average Bonchev–Trinajstić information content (AvgIpc) is 2.15. The predicted molar refractivity (Wildman–Crippen MR) is 48.6 cm³/mol. The Morgan fingerprint density at radius 2 is 2.12 bits per heavy atom. The molecule has 0 aliphatic rings. The maximum absolute atomic E-state index is 12.4. The SMILES string of the molecule is N#Cc1nc(S(=O)(=O)Cl)cc(C(F)F)c1O. The molecule has 0 saturated heterocycles. The number of pyridine rings is 1. The van der Waals surface area contributed by atoms with Crippen LogP contribution in [-0.4, -0.2) is 18.5 Å². The number of nitrogens with zero attached hydrogens (tertiary/aromatic N) is 2. The summed E-state index contributed by atoms with van der Waals surface area (Å²) >= 11 is 0. The van der Waals surface area contributed by atoms with E-state index >= 15 is 0 Å². The van der Waals surface area contributed by atoms with Crippen molar-refractivity contribution in [1.82, 2.24) is 4.98 Å². The summed E-state index contributed by atoms with van der Waals surface area (Å²) in [6.45, 7) is 0. The van der Waals surface area contributed by atoms with Crippen molar-refractivity contribution >= 4 is 19.7 Å². The molecular weight excluding hydrogens is 266 g/mol. The highest BCUT2D eigenvalue weighted by Crippen LogP contribution is 2.32. The number of rotatable bonds is 2. The molecule has 0 amide bonds. The molecule has 0 aliphatic heterocycles. The van der Waals surface area contributed by atoms with Gasteiger partial charge in [-0.1, -0.05) is 0 Å². The van der Waals surface area contributed by atoms with Crippen LogP contribution in [0.25, 0.3) is 0 Å². The summed E-state index contributed by atoms with van der Waals surface area (Å²) in [6.07, 6.45) is -3.15. The molecule has 0 saturated carbocycles. The van der Waals surface area contributed by atoms with Gasteiger partial charge in [0.2, 0.25) is 0 Å². The van der Waals surface area contributed by atoms with Crippen LogP contribution in [0.1, 0.15) is 17.7 Å². The van der Waals surface area contributed by atoms with Gasteiger partial charge in [0.25, 0.3) is 15.5 Å². The fourth-order valence-corrected chi connectivity index (χ4v) is 1.61. The number of aromatic hydroxyl groups is 1. The summed E-state index contributed by atoms with van der Waals surface area (Å²) in [4.78, 5) is 3.14. The van der Waals surface area contributed by atoms with Gasteiger partial charge >= 0.3 is 0 Å². The van der Waals surface area contributed by atoms with Crippen molar-refractivity contribution in [3.8, 4) is 11.8 Å². The smallest absolute Gasteiger partial charge is 0.278 e. The third kappa shape index (κ3) is 2.37. The lowest BCUT2D eigenvalue weighted by atomic mass is 10.2. The Hall–Kier alpha value is -1.46. The maximum Gasteiger partial charge on any atom is 0.278 e. The summed E-state index contributed by atoms with van der Waals surface area (Å²) in [6, 6.07) is 1.71. The Labute approximate surface area is 93.3 Å². The summed E-state index contributed by atoms with van der Waals surface area (Å²) in [5, 5.41) is 16.7. The van der Waals surface area contributed by atoms with Crippen molar-refractivity contribution in [3.63, 3.8) is 0 Å². The third-order valence-corrected chi connectivity index (χ3v) is 2.77. The first-order valence-electron chi connectivity index (χ1n) is 3.64. The van der Waals surface area contributed by atoms with E-state index in [0.717, 1.165) is 0 Å². The molecule has 0 atom stereocenters. The molecule has 0 fully saturated rings. The minimum absolute atomic E-state index is 0.420. The van der Waals surface area contributed by atoms with Crippen molar-refractivity contribution in [1.29, 1.82) is 5.26 Å². The van der Waals surface area contributed by atoms with Gasteiger partial charge in [-0.2, -0.15) is 5.26 Å². The van der Waals surface area contributed by atoms with Crippen LogP contribution in [0.2, 0.25) is 0 Å². The normalized spacial score (nSPS) is 11.4. The maximum atomic E-state index is 12.4. The zero-order chi connectivity index (χ0) is 12.5.